The Morgan fingerprint density at radius 3 is 2.95 bits per heavy atom. The Balaban J connectivity index is 1.85. The van der Waals surface area contributed by atoms with Crippen molar-refractivity contribution < 1.29 is 4.79 Å². The first-order valence-corrected chi connectivity index (χ1v) is 6.98. The van der Waals surface area contributed by atoms with E-state index in [9.17, 15) is 4.79 Å². The summed E-state index contributed by atoms with van der Waals surface area (Å²) in [5, 5.41) is 10.7. The van der Waals surface area contributed by atoms with Gasteiger partial charge in [-0.25, -0.2) is 4.98 Å². The Labute approximate surface area is 115 Å². The second-order valence-electron chi connectivity index (χ2n) is 4.45. The predicted molar refractivity (Wildman–Crippen MR) is 72.7 cm³/mol. The third-order valence-electron chi connectivity index (χ3n) is 2.94. The van der Waals surface area contributed by atoms with Gasteiger partial charge in [0.15, 0.2) is 5.82 Å². The lowest BCUT2D eigenvalue weighted by Crippen LogP contribution is -2.28. The maximum atomic E-state index is 11.9. The van der Waals surface area contributed by atoms with Crippen LogP contribution in [0.25, 0.3) is 0 Å². The highest BCUT2D eigenvalue weighted by Crippen LogP contribution is 2.14. The minimum Gasteiger partial charge on any atom is -0.346 e. The zero-order chi connectivity index (χ0) is 13.8. The monoisotopic (exact) mass is 279 g/mol. The summed E-state index contributed by atoms with van der Waals surface area (Å²) in [6.45, 7) is 3.87. The largest absolute Gasteiger partial charge is 0.346 e. The van der Waals surface area contributed by atoms with E-state index in [4.69, 9.17) is 0 Å². The molecule has 2 aromatic rings. The van der Waals surface area contributed by atoms with Crippen molar-refractivity contribution in [3.8, 4) is 0 Å². The molecule has 102 valence electrons. The Bertz CT molecular complexity index is 562. The average molecular weight is 279 g/mol. The van der Waals surface area contributed by atoms with Gasteiger partial charge in [-0.05, 0) is 20.3 Å². The molecule has 0 aliphatic heterocycles. The van der Waals surface area contributed by atoms with Crippen LogP contribution in [0.4, 0.5) is 0 Å². The van der Waals surface area contributed by atoms with Crippen molar-refractivity contribution >= 4 is 17.2 Å². The molecule has 0 aliphatic rings. The number of amides is 1. The molecule has 19 heavy (non-hydrogen) atoms. The van der Waals surface area contributed by atoms with Crippen LogP contribution in [0, 0.1) is 6.92 Å². The van der Waals surface area contributed by atoms with E-state index in [-0.39, 0.29) is 11.9 Å². The van der Waals surface area contributed by atoms with Crippen LogP contribution in [-0.4, -0.2) is 25.7 Å². The number of carbonyl (C=O) groups excluding carboxylic acids is 1. The molecule has 0 spiro atoms. The normalized spacial score (nSPS) is 12.4. The van der Waals surface area contributed by atoms with Crippen LogP contribution in [0.15, 0.2) is 11.8 Å². The van der Waals surface area contributed by atoms with E-state index in [1.807, 2.05) is 26.4 Å². The van der Waals surface area contributed by atoms with Gasteiger partial charge < -0.3 is 9.88 Å². The highest BCUT2D eigenvalue weighted by molar-refractivity contribution is 7.09. The number of hydrogen-bond donors (Lipinski definition) is 1. The number of nitrogens with zero attached hydrogens (tertiary/aromatic N) is 4. The van der Waals surface area contributed by atoms with Gasteiger partial charge in [-0.3, -0.25) is 4.79 Å². The van der Waals surface area contributed by atoms with Crippen LogP contribution in [0.3, 0.4) is 0 Å². The molecule has 0 aliphatic carbocycles. The van der Waals surface area contributed by atoms with Crippen molar-refractivity contribution in [1.82, 2.24) is 25.1 Å². The van der Waals surface area contributed by atoms with E-state index in [2.05, 4.69) is 20.5 Å². The maximum absolute atomic E-state index is 11.9. The lowest BCUT2D eigenvalue weighted by Gasteiger charge is -2.12. The minimum absolute atomic E-state index is 0.0169. The van der Waals surface area contributed by atoms with Crippen LogP contribution in [0.1, 0.15) is 35.8 Å². The molecule has 1 amide bonds. The summed E-state index contributed by atoms with van der Waals surface area (Å²) in [4.78, 5) is 17.2. The molecule has 1 N–H and O–H groups in total. The van der Waals surface area contributed by atoms with Crippen LogP contribution < -0.4 is 5.32 Å². The second-order valence-corrected chi connectivity index (χ2v) is 5.39. The number of aromatic nitrogens is 4. The Hall–Kier alpha value is -1.76. The van der Waals surface area contributed by atoms with Gasteiger partial charge in [0, 0.05) is 18.3 Å². The molecule has 0 saturated heterocycles. The Morgan fingerprint density at radius 2 is 2.37 bits per heavy atom. The molecular formula is C12H17N5OS. The van der Waals surface area contributed by atoms with Crippen LogP contribution >= 0.6 is 11.3 Å². The van der Waals surface area contributed by atoms with Crippen molar-refractivity contribution in [2.24, 2.45) is 7.05 Å². The number of carbonyl (C=O) groups is 1. The standard InChI is InChI=1S/C12H17N5OS/c1-8-10(19-7-13-8)4-5-11(18)15-9(2)12-16-14-6-17(12)3/h6-7,9H,4-5H2,1-3H3,(H,15,18)/t9-/m1/s1. The van der Waals surface area contributed by atoms with Gasteiger partial charge in [-0.2, -0.15) is 0 Å². The van der Waals surface area contributed by atoms with E-state index < -0.39 is 0 Å². The zero-order valence-corrected chi connectivity index (χ0v) is 12.1. The smallest absolute Gasteiger partial charge is 0.220 e. The third kappa shape index (κ3) is 3.37. The first kappa shape index (κ1) is 13.7. The SMILES string of the molecule is Cc1ncsc1CCC(=O)N[C@H](C)c1nncn1C. The van der Waals surface area contributed by atoms with E-state index in [0.717, 1.165) is 17.9 Å². The lowest BCUT2D eigenvalue weighted by atomic mass is 10.2. The predicted octanol–water partition coefficient (Wildman–Crippen LogP) is 1.39. The molecule has 0 aromatic carbocycles. The van der Waals surface area contributed by atoms with Gasteiger partial charge >= 0.3 is 0 Å². The molecule has 2 heterocycles. The molecule has 0 bridgehead atoms. The van der Waals surface area contributed by atoms with Crippen molar-refractivity contribution in [3.63, 3.8) is 0 Å². The number of rotatable bonds is 5. The highest BCUT2D eigenvalue weighted by atomic mass is 32.1. The summed E-state index contributed by atoms with van der Waals surface area (Å²) in [6.07, 6.45) is 2.82. The second kappa shape index (κ2) is 5.92. The van der Waals surface area contributed by atoms with Crippen LogP contribution in [-0.2, 0) is 18.3 Å². The number of hydrogen-bond acceptors (Lipinski definition) is 5. The molecule has 0 saturated carbocycles. The molecule has 2 rings (SSSR count). The first-order chi connectivity index (χ1) is 9.08. The molecule has 7 heteroatoms. The number of nitrogens with one attached hydrogen (secondary N) is 1. The zero-order valence-electron chi connectivity index (χ0n) is 11.3. The van der Waals surface area contributed by atoms with E-state index in [0.29, 0.717) is 6.42 Å². The average Bonchev–Trinajstić information content (AvgIpc) is 2.95. The van der Waals surface area contributed by atoms with Gasteiger partial charge in [0.1, 0.15) is 6.33 Å². The highest BCUT2D eigenvalue weighted by Gasteiger charge is 2.14. The molecule has 0 unspecified atom stereocenters. The quantitative estimate of drug-likeness (QED) is 0.897. The molecule has 1 atom stereocenters. The van der Waals surface area contributed by atoms with Gasteiger partial charge in [0.2, 0.25) is 5.91 Å². The van der Waals surface area contributed by atoms with Crippen LogP contribution in [0.2, 0.25) is 0 Å². The molecule has 6 nitrogen and oxygen atoms in total. The third-order valence-corrected chi connectivity index (χ3v) is 3.93. The molecule has 0 fully saturated rings. The summed E-state index contributed by atoms with van der Waals surface area (Å²) < 4.78 is 1.80. The molecule has 0 radical (unpaired) electrons. The van der Waals surface area contributed by atoms with E-state index >= 15 is 0 Å². The summed E-state index contributed by atoms with van der Waals surface area (Å²) in [5.41, 5.74) is 2.82. The fourth-order valence-electron chi connectivity index (χ4n) is 1.86. The van der Waals surface area contributed by atoms with Gasteiger partial charge in [0.05, 0.1) is 17.2 Å². The van der Waals surface area contributed by atoms with E-state index in [1.54, 1.807) is 22.2 Å². The van der Waals surface area contributed by atoms with Gasteiger partial charge in [-0.1, -0.05) is 0 Å². The fraction of sp³-hybridized carbons (Fsp3) is 0.500. The summed E-state index contributed by atoms with van der Waals surface area (Å²) in [5.74, 6) is 0.769. The van der Waals surface area contributed by atoms with E-state index in [1.165, 1.54) is 4.88 Å². The van der Waals surface area contributed by atoms with Crippen molar-refractivity contribution in [1.29, 1.82) is 0 Å². The van der Waals surface area contributed by atoms with Crippen molar-refractivity contribution in [2.45, 2.75) is 32.7 Å². The fourth-order valence-corrected chi connectivity index (χ4v) is 2.64. The summed E-state index contributed by atoms with van der Waals surface area (Å²) >= 11 is 1.59. The van der Waals surface area contributed by atoms with Gasteiger partial charge in [0.25, 0.3) is 0 Å². The molecule has 2 aromatic heterocycles. The number of aryl methyl sites for hydroxylation is 3. The lowest BCUT2D eigenvalue weighted by molar-refractivity contribution is -0.121. The summed E-state index contributed by atoms with van der Waals surface area (Å²) in [7, 11) is 1.86. The number of thiazole rings is 1. The minimum atomic E-state index is -0.137. The van der Waals surface area contributed by atoms with Crippen molar-refractivity contribution in [3.05, 3.63) is 28.2 Å². The van der Waals surface area contributed by atoms with Gasteiger partial charge in [-0.15, -0.1) is 21.5 Å². The van der Waals surface area contributed by atoms with Crippen molar-refractivity contribution in [2.75, 3.05) is 0 Å². The Morgan fingerprint density at radius 1 is 1.58 bits per heavy atom. The maximum Gasteiger partial charge on any atom is 0.220 e. The first-order valence-electron chi connectivity index (χ1n) is 6.10. The van der Waals surface area contributed by atoms with Crippen LogP contribution in [0.5, 0.6) is 0 Å². The molecular weight excluding hydrogens is 262 g/mol. The Kier molecular flexibility index (Phi) is 4.26. The summed E-state index contributed by atoms with van der Waals surface area (Å²) in [6, 6.07) is -0.137. The topological polar surface area (TPSA) is 72.7 Å².